The van der Waals surface area contributed by atoms with Gasteiger partial charge in [-0.15, -0.1) is 11.8 Å². The van der Waals surface area contributed by atoms with Crippen LogP contribution in [0.2, 0.25) is 0 Å². The van der Waals surface area contributed by atoms with Crippen LogP contribution in [-0.4, -0.2) is 35.1 Å². The Labute approximate surface area is 118 Å². The van der Waals surface area contributed by atoms with Crippen molar-refractivity contribution in [2.45, 2.75) is 25.0 Å². The van der Waals surface area contributed by atoms with E-state index in [9.17, 15) is 9.90 Å². The van der Waals surface area contributed by atoms with Crippen LogP contribution in [-0.2, 0) is 4.79 Å². The molecule has 1 aliphatic rings. The van der Waals surface area contributed by atoms with Crippen LogP contribution >= 0.6 is 11.8 Å². The van der Waals surface area contributed by atoms with Crippen LogP contribution in [0.5, 0.6) is 5.75 Å². The molecule has 0 saturated carbocycles. The molecule has 104 valence electrons. The first kappa shape index (κ1) is 14.2. The Hall–Kier alpha value is -1.20. The molecular weight excluding hydrogens is 260 g/mol. The predicted molar refractivity (Wildman–Crippen MR) is 79.8 cm³/mol. The highest BCUT2D eigenvalue weighted by Crippen LogP contribution is 2.25. The van der Waals surface area contributed by atoms with Crippen LogP contribution in [0.25, 0.3) is 0 Å². The van der Waals surface area contributed by atoms with E-state index in [4.69, 9.17) is 0 Å². The number of anilines is 1. The Bertz CT molecular complexity index is 445. The number of piperidine rings is 1. The highest BCUT2D eigenvalue weighted by molar-refractivity contribution is 8.00. The fraction of sp³-hybridized carbons (Fsp3) is 0.500. The number of rotatable bonds is 4. The van der Waals surface area contributed by atoms with Crippen LogP contribution in [0.4, 0.5) is 5.69 Å². The lowest BCUT2D eigenvalue weighted by Gasteiger charge is -2.21. The summed E-state index contributed by atoms with van der Waals surface area (Å²) in [5, 5.41) is 16.3. The smallest absolute Gasteiger partial charge is 0.234 e. The molecule has 1 heterocycles. The number of thioether (sulfide) groups is 1. The van der Waals surface area contributed by atoms with Gasteiger partial charge in [-0.3, -0.25) is 4.79 Å². The Kier molecular flexibility index (Phi) is 5.10. The van der Waals surface area contributed by atoms with E-state index in [-0.39, 0.29) is 11.7 Å². The van der Waals surface area contributed by atoms with Gasteiger partial charge in [0, 0.05) is 5.25 Å². The van der Waals surface area contributed by atoms with Gasteiger partial charge in [0.2, 0.25) is 5.91 Å². The van der Waals surface area contributed by atoms with Gasteiger partial charge in [-0.1, -0.05) is 6.07 Å². The molecule has 5 heteroatoms. The molecule has 0 radical (unpaired) electrons. The lowest BCUT2D eigenvalue weighted by molar-refractivity contribution is -0.113. The molecule has 0 aliphatic carbocycles. The number of nitrogens with one attached hydrogen (secondary N) is 2. The van der Waals surface area contributed by atoms with E-state index in [1.807, 2.05) is 13.0 Å². The summed E-state index contributed by atoms with van der Waals surface area (Å²) in [5.41, 5.74) is 1.51. The van der Waals surface area contributed by atoms with E-state index in [2.05, 4.69) is 10.6 Å². The quantitative estimate of drug-likeness (QED) is 0.739. The molecule has 1 fully saturated rings. The number of aryl methyl sites for hydroxylation is 1. The van der Waals surface area contributed by atoms with Gasteiger partial charge in [-0.2, -0.15) is 0 Å². The summed E-state index contributed by atoms with van der Waals surface area (Å²) >= 11 is 1.70. The summed E-state index contributed by atoms with van der Waals surface area (Å²) in [6, 6.07) is 5.20. The lowest BCUT2D eigenvalue weighted by atomic mass is 10.2. The summed E-state index contributed by atoms with van der Waals surface area (Å²) in [4.78, 5) is 11.9. The minimum atomic E-state index is -0.0515. The number of benzene rings is 1. The largest absolute Gasteiger partial charge is 0.506 e. The molecule has 1 saturated heterocycles. The zero-order valence-corrected chi connectivity index (χ0v) is 11.9. The van der Waals surface area contributed by atoms with Crippen LogP contribution in [0.15, 0.2) is 18.2 Å². The summed E-state index contributed by atoms with van der Waals surface area (Å²) in [6.07, 6.45) is 2.24. The number of phenols is 1. The number of phenolic OH excluding ortho intramolecular Hbond substituents is 1. The van der Waals surface area contributed by atoms with Crippen molar-refractivity contribution in [1.82, 2.24) is 5.32 Å². The maximum absolute atomic E-state index is 11.9. The highest BCUT2D eigenvalue weighted by atomic mass is 32.2. The first-order valence-electron chi connectivity index (χ1n) is 6.57. The maximum atomic E-state index is 11.9. The van der Waals surface area contributed by atoms with E-state index in [0.717, 1.165) is 31.5 Å². The van der Waals surface area contributed by atoms with Crippen molar-refractivity contribution >= 4 is 23.4 Å². The van der Waals surface area contributed by atoms with Crippen molar-refractivity contribution < 1.29 is 9.90 Å². The molecule has 1 amide bonds. The Balaban J connectivity index is 1.81. The van der Waals surface area contributed by atoms with Crippen molar-refractivity contribution in [3.63, 3.8) is 0 Å². The van der Waals surface area contributed by atoms with Crippen LogP contribution in [0, 0.1) is 6.92 Å². The molecule has 1 aromatic rings. The standard InChI is InChI=1S/C14H20N2O2S/c1-10-2-3-13(17)12(8-10)16-14(18)9-19-11-4-6-15-7-5-11/h2-3,8,11,15,17H,4-7,9H2,1H3,(H,16,18). The number of hydrogen-bond donors (Lipinski definition) is 3. The second-order valence-electron chi connectivity index (χ2n) is 4.83. The van der Waals surface area contributed by atoms with Gasteiger partial charge < -0.3 is 15.7 Å². The lowest BCUT2D eigenvalue weighted by Crippen LogP contribution is -2.30. The third-order valence-electron chi connectivity index (χ3n) is 3.16. The van der Waals surface area contributed by atoms with Crippen molar-refractivity contribution in [2.75, 3.05) is 24.2 Å². The van der Waals surface area contributed by atoms with Crippen LogP contribution in [0.1, 0.15) is 18.4 Å². The number of carbonyl (C=O) groups excluding carboxylic acids is 1. The fourth-order valence-electron chi connectivity index (χ4n) is 2.09. The molecule has 1 aromatic carbocycles. The van der Waals surface area contributed by atoms with Gasteiger partial charge in [-0.05, 0) is 50.6 Å². The Morgan fingerprint density at radius 1 is 1.47 bits per heavy atom. The van der Waals surface area contributed by atoms with Gasteiger partial charge in [0.15, 0.2) is 0 Å². The molecule has 4 nitrogen and oxygen atoms in total. The van der Waals surface area contributed by atoms with Gasteiger partial charge in [0.25, 0.3) is 0 Å². The van der Waals surface area contributed by atoms with Gasteiger partial charge in [0.05, 0.1) is 11.4 Å². The molecule has 3 N–H and O–H groups in total. The van der Waals surface area contributed by atoms with E-state index >= 15 is 0 Å². The molecule has 0 spiro atoms. The zero-order chi connectivity index (χ0) is 13.7. The molecule has 0 atom stereocenters. The molecule has 0 aromatic heterocycles. The van der Waals surface area contributed by atoms with Gasteiger partial charge in [0.1, 0.15) is 5.75 Å². The SMILES string of the molecule is Cc1ccc(O)c(NC(=O)CSC2CCNCC2)c1. The second-order valence-corrected chi connectivity index (χ2v) is 6.12. The summed E-state index contributed by atoms with van der Waals surface area (Å²) in [6.45, 7) is 4.01. The minimum absolute atomic E-state index is 0.0515. The van der Waals surface area contributed by atoms with E-state index in [1.165, 1.54) is 0 Å². The molecule has 0 unspecified atom stereocenters. The molecule has 1 aliphatic heterocycles. The molecular formula is C14H20N2O2S. The predicted octanol–water partition coefficient (Wildman–Crippen LogP) is 2.12. The van der Waals surface area contributed by atoms with Gasteiger partial charge >= 0.3 is 0 Å². The van der Waals surface area contributed by atoms with Crippen LogP contribution in [0.3, 0.4) is 0 Å². The van der Waals surface area contributed by atoms with Crippen molar-refractivity contribution in [3.05, 3.63) is 23.8 Å². The third kappa shape index (κ3) is 4.44. The number of carbonyl (C=O) groups is 1. The van der Waals surface area contributed by atoms with Crippen molar-refractivity contribution in [1.29, 1.82) is 0 Å². The van der Waals surface area contributed by atoms with Gasteiger partial charge in [-0.25, -0.2) is 0 Å². The number of aromatic hydroxyl groups is 1. The minimum Gasteiger partial charge on any atom is -0.506 e. The first-order valence-corrected chi connectivity index (χ1v) is 7.62. The topological polar surface area (TPSA) is 61.4 Å². The number of amides is 1. The van der Waals surface area contributed by atoms with E-state index < -0.39 is 0 Å². The molecule has 2 rings (SSSR count). The van der Waals surface area contributed by atoms with E-state index in [0.29, 0.717) is 16.7 Å². The Morgan fingerprint density at radius 3 is 2.95 bits per heavy atom. The number of hydrogen-bond acceptors (Lipinski definition) is 4. The zero-order valence-electron chi connectivity index (χ0n) is 11.1. The first-order chi connectivity index (χ1) is 9.15. The van der Waals surface area contributed by atoms with Crippen molar-refractivity contribution in [2.24, 2.45) is 0 Å². The fourth-order valence-corrected chi connectivity index (χ4v) is 3.12. The third-order valence-corrected chi connectivity index (χ3v) is 4.53. The highest BCUT2D eigenvalue weighted by Gasteiger charge is 2.15. The average molecular weight is 280 g/mol. The van der Waals surface area contributed by atoms with E-state index in [1.54, 1.807) is 23.9 Å². The molecule has 19 heavy (non-hydrogen) atoms. The monoisotopic (exact) mass is 280 g/mol. The summed E-state index contributed by atoms with van der Waals surface area (Å²) in [7, 11) is 0. The maximum Gasteiger partial charge on any atom is 0.234 e. The second kappa shape index (κ2) is 6.82. The average Bonchev–Trinajstić information content (AvgIpc) is 2.42. The Morgan fingerprint density at radius 2 is 2.21 bits per heavy atom. The van der Waals surface area contributed by atoms with Crippen LogP contribution < -0.4 is 10.6 Å². The van der Waals surface area contributed by atoms with Crippen molar-refractivity contribution in [3.8, 4) is 5.75 Å². The summed E-state index contributed by atoms with van der Waals surface area (Å²) in [5.74, 6) is 0.508. The summed E-state index contributed by atoms with van der Waals surface area (Å²) < 4.78 is 0. The molecule has 0 bridgehead atoms. The normalized spacial score (nSPS) is 16.3.